The molecule has 1 aromatic carbocycles. The minimum absolute atomic E-state index is 0.0448. The van der Waals surface area contributed by atoms with Gasteiger partial charge in [0.05, 0.1) is 6.42 Å². The largest absolute Gasteiger partial charge is 0.354 e. The van der Waals surface area contributed by atoms with Gasteiger partial charge in [0.1, 0.15) is 0 Å². The Morgan fingerprint density at radius 1 is 1.37 bits per heavy atom. The van der Waals surface area contributed by atoms with Gasteiger partial charge in [0.15, 0.2) is 5.69 Å². The molecule has 2 rings (SSSR count). The third kappa shape index (κ3) is 2.99. The standard InChI is InChI=1S/C14H18N4O/c1-4-12-15-14(16-13(19)10(2)3)17-18(12)11-8-6-5-7-9-11/h5-10H,4H2,1-3H3,(H,16,17,19)/p+1. The predicted molar refractivity (Wildman–Crippen MR) is 73.0 cm³/mol. The van der Waals surface area contributed by atoms with Gasteiger partial charge < -0.3 is 0 Å². The maximum Gasteiger partial charge on any atom is 0.354 e. The van der Waals surface area contributed by atoms with Gasteiger partial charge in [-0.3, -0.25) is 10.1 Å². The first-order chi connectivity index (χ1) is 9.11. The van der Waals surface area contributed by atoms with Crippen LogP contribution in [0, 0.1) is 5.92 Å². The topological polar surface area (TPSA) is 61.7 Å². The van der Waals surface area contributed by atoms with Gasteiger partial charge in [-0.25, -0.2) is 0 Å². The first-order valence-electron chi connectivity index (χ1n) is 6.49. The van der Waals surface area contributed by atoms with Crippen molar-refractivity contribution >= 4 is 11.9 Å². The molecular weight excluding hydrogens is 240 g/mol. The van der Waals surface area contributed by atoms with Crippen LogP contribution in [0.5, 0.6) is 0 Å². The molecule has 2 aromatic rings. The minimum atomic E-state index is -0.0691. The molecule has 0 saturated heterocycles. The maximum absolute atomic E-state index is 11.7. The van der Waals surface area contributed by atoms with Gasteiger partial charge in [0, 0.05) is 5.92 Å². The van der Waals surface area contributed by atoms with Crippen molar-refractivity contribution in [3.63, 3.8) is 0 Å². The molecule has 5 heteroatoms. The van der Waals surface area contributed by atoms with Crippen LogP contribution in [-0.4, -0.2) is 16.0 Å². The van der Waals surface area contributed by atoms with E-state index in [-0.39, 0.29) is 11.8 Å². The summed E-state index contributed by atoms with van der Waals surface area (Å²) in [7, 11) is 0. The van der Waals surface area contributed by atoms with Crippen molar-refractivity contribution in [1.82, 2.24) is 10.1 Å². The molecule has 0 saturated carbocycles. The Morgan fingerprint density at radius 2 is 2.05 bits per heavy atom. The van der Waals surface area contributed by atoms with Crippen molar-refractivity contribution in [3.05, 3.63) is 36.2 Å². The highest BCUT2D eigenvalue weighted by molar-refractivity contribution is 5.90. The van der Waals surface area contributed by atoms with Crippen LogP contribution in [0.3, 0.4) is 0 Å². The number of carbonyl (C=O) groups is 1. The number of aryl methyl sites for hydroxylation is 1. The zero-order chi connectivity index (χ0) is 13.8. The number of hydrogen-bond donors (Lipinski definition) is 2. The highest BCUT2D eigenvalue weighted by atomic mass is 16.2. The number of nitrogens with zero attached hydrogens (tertiary/aromatic N) is 2. The quantitative estimate of drug-likeness (QED) is 0.823. The Bertz CT molecular complexity index is 560. The Balaban J connectivity index is 2.30. The van der Waals surface area contributed by atoms with E-state index in [1.54, 1.807) is 0 Å². The average molecular weight is 259 g/mol. The minimum Gasteiger partial charge on any atom is -0.274 e. The summed E-state index contributed by atoms with van der Waals surface area (Å²) in [5, 5.41) is 5.89. The number of amides is 1. The second kappa shape index (κ2) is 5.65. The fourth-order valence-corrected chi connectivity index (χ4v) is 1.72. The molecule has 0 radical (unpaired) electrons. The Morgan fingerprint density at radius 3 is 2.63 bits per heavy atom. The van der Waals surface area contributed by atoms with Gasteiger partial charge in [-0.2, -0.15) is 5.10 Å². The molecule has 0 atom stereocenters. The summed E-state index contributed by atoms with van der Waals surface area (Å²) in [6.07, 6.45) is 0.781. The molecule has 2 N–H and O–H groups in total. The van der Waals surface area contributed by atoms with Crippen LogP contribution in [0.15, 0.2) is 30.3 Å². The van der Waals surface area contributed by atoms with E-state index in [0.29, 0.717) is 5.95 Å². The van der Waals surface area contributed by atoms with E-state index < -0.39 is 0 Å². The molecule has 1 heterocycles. The van der Waals surface area contributed by atoms with Gasteiger partial charge in [0.2, 0.25) is 5.91 Å². The number of rotatable bonds is 4. The number of nitrogens with one attached hydrogen (secondary N) is 2. The van der Waals surface area contributed by atoms with Crippen LogP contribution >= 0.6 is 0 Å². The molecule has 1 aromatic heterocycles. The number of aromatic amines is 1. The van der Waals surface area contributed by atoms with Crippen LogP contribution < -0.4 is 10.00 Å². The van der Waals surface area contributed by atoms with Crippen LogP contribution in [0.1, 0.15) is 26.6 Å². The Hall–Kier alpha value is -2.17. The first-order valence-corrected chi connectivity index (χ1v) is 6.49. The summed E-state index contributed by atoms with van der Waals surface area (Å²) in [4.78, 5) is 16.1. The summed E-state index contributed by atoms with van der Waals surface area (Å²) in [6.45, 7) is 5.73. The van der Waals surface area contributed by atoms with Crippen LogP contribution in [-0.2, 0) is 11.2 Å². The molecule has 0 fully saturated rings. The van der Waals surface area contributed by atoms with Crippen LogP contribution in [0.4, 0.5) is 5.95 Å². The summed E-state index contributed by atoms with van der Waals surface area (Å²) in [6, 6.07) is 9.88. The van der Waals surface area contributed by atoms with Crippen molar-refractivity contribution in [2.75, 3.05) is 5.32 Å². The lowest BCUT2D eigenvalue weighted by atomic mass is 10.2. The Labute approximate surface area is 112 Å². The Kier molecular flexibility index (Phi) is 3.94. The highest BCUT2D eigenvalue weighted by Crippen LogP contribution is 2.05. The molecule has 0 bridgehead atoms. The fraction of sp³-hybridized carbons (Fsp3) is 0.357. The number of para-hydroxylation sites is 1. The van der Waals surface area contributed by atoms with Gasteiger partial charge in [-0.1, -0.05) is 39.0 Å². The zero-order valence-electron chi connectivity index (χ0n) is 11.5. The van der Waals surface area contributed by atoms with Gasteiger partial charge >= 0.3 is 11.8 Å². The predicted octanol–water partition coefficient (Wildman–Crippen LogP) is 1.84. The highest BCUT2D eigenvalue weighted by Gasteiger charge is 2.21. The molecule has 0 unspecified atom stereocenters. The summed E-state index contributed by atoms with van der Waals surface area (Å²) in [5.41, 5.74) is 0.997. The maximum atomic E-state index is 11.7. The molecule has 0 aliphatic heterocycles. The van der Waals surface area contributed by atoms with Gasteiger partial charge in [-0.15, -0.1) is 4.68 Å². The number of aromatic nitrogens is 3. The van der Waals surface area contributed by atoms with E-state index in [1.165, 1.54) is 0 Å². The second-order valence-electron chi connectivity index (χ2n) is 4.66. The van der Waals surface area contributed by atoms with E-state index in [4.69, 9.17) is 0 Å². The first kappa shape index (κ1) is 13.3. The lowest BCUT2D eigenvalue weighted by molar-refractivity contribution is -0.663. The number of carbonyl (C=O) groups excluding carboxylic acids is 1. The van der Waals surface area contributed by atoms with Crippen molar-refractivity contribution < 1.29 is 9.48 Å². The SMILES string of the molecule is CCc1nc(NC(=O)C(C)C)[nH][n+]1-c1ccccc1. The number of anilines is 1. The van der Waals surface area contributed by atoms with Crippen molar-refractivity contribution in [1.29, 1.82) is 0 Å². The average Bonchev–Trinajstić information content (AvgIpc) is 2.82. The van der Waals surface area contributed by atoms with E-state index >= 15 is 0 Å². The van der Waals surface area contributed by atoms with Crippen molar-refractivity contribution in [2.24, 2.45) is 5.92 Å². The molecule has 19 heavy (non-hydrogen) atoms. The number of H-pyrrole nitrogens is 1. The fourth-order valence-electron chi connectivity index (χ4n) is 1.72. The number of benzene rings is 1. The molecule has 0 aliphatic carbocycles. The van der Waals surface area contributed by atoms with E-state index in [0.717, 1.165) is 17.9 Å². The van der Waals surface area contributed by atoms with Crippen molar-refractivity contribution in [2.45, 2.75) is 27.2 Å². The monoisotopic (exact) mass is 259 g/mol. The molecule has 0 spiro atoms. The number of hydrogen-bond acceptors (Lipinski definition) is 2. The summed E-state index contributed by atoms with van der Waals surface area (Å²) in [5.74, 6) is 1.25. The van der Waals surface area contributed by atoms with Gasteiger partial charge in [0.25, 0.3) is 0 Å². The molecule has 0 aliphatic rings. The summed E-state index contributed by atoms with van der Waals surface area (Å²) < 4.78 is 1.88. The lowest BCUT2D eigenvalue weighted by Gasteiger charge is -2.00. The van der Waals surface area contributed by atoms with Crippen LogP contribution in [0.25, 0.3) is 5.69 Å². The van der Waals surface area contributed by atoms with Gasteiger partial charge in [-0.05, 0) is 17.1 Å². The second-order valence-corrected chi connectivity index (χ2v) is 4.66. The van der Waals surface area contributed by atoms with E-state index in [9.17, 15) is 4.79 Å². The van der Waals surface area contributed by atoms with Crippen LogP contribution in [0.2, 0.25) is 0 Å². The smallest absolute Gasteiger partial charge is 0.274 e. The molecule has 1 amide bonds. The molecule has 100 valence electrons. The van der Waals surface area contributed by atoms with E-state index in [2.05, 4.69) is 15.4 Å². The molecular formula is C14H19N4O+. The normalized spacial score (nSPS) is 10.7. The zero-order valence-corrected chi connectivity index (χ0v) is 11.5. The van der Waals surface area contributed by atoms with Crippen molar-refractivity contribution in [3.8, 4) is 5.69 Å². The van der Waals surface area contributed by atoms with E-state index in [1.807, 2.05) is 55.8 Å². The third-order valence-corrected chi connectivity index (χ3v) is 2.81. The lowest BCUT2D eigenvalue weighted by Crippen LogP contribution is -2.36. The third-order valence-electron chi connectivity index (χ3n) is 2.81. The molecule has 5 nitrogen and oxygen atoms in total. The summed E-state index contributed by atoms with van der Waals surface area (Å²) >= 11 is 0.